The van der Waals surface area contributed by atoms with Crippen molar-refractivity contribution in [1.82, 2.24) is 15.2 Å². The van der Waals surface area contributed by atoms with E-state index in [2.05, 4.69) is 15.3 Å². The maximum Gasteiger partial charge on any atom is 0.338 e. The van der Waals surface area contributed by atoms with E-state index in [-0.39, 0.29) is 36.0 Å². The molecule has 0 bridgehead atoms. The summed E-state index contributed by atoms with van der Waals surface area (Å²) in [6.45, 7) is 1.38. The first-order valence-corrected chi connectivity index (χ1v) is 11.9. The predicted octanol–water partition coefficient (Wildman–Crippen LogP) is 2.64. The average Bonchev–Trinajstić information content (AvgIpc) is 3.41. The Kier molecular flexibility index (Phi) is 8.01. The van der Waals surface area contributed by atoms with E-state index in [1.807, 2.05) is 4.90 Å². The molecule has 1 aromatic heterocycles. The van der Waals surface area contributed by atoms with Crippen molar-refractivity contribution in [2.75, 3.05) is 33.4 Å². The number of carboxylic acid groups (broad SMARTS) is 1. The van der Waals surface area contributed by atoms with Crippen LogP contribution in [0.5, 0.6) is 0 Å². The van der Waals surface area contributed by atoms with E-state index in [0.29, 0.717) is 36.8 Å². The molecule has 1 aromatic carbocycles. The second kappa shape index (κ2) is 11.2. The third-order valence-corrected chi connectivity index (χ3v) is 6.59. The number of ether oxygens (including phenoxy) is 2. The van der Waals surface area contributed by atoms with Gasteiger partial charge in [-0.1, -0.05) is 6.07 Å². The minimum atomic E-state index is -1.67. The van der Waals surface area contributed by atoms with E-state index >= 15 is 0 Å². The number of amidine groups is 1. The molecular formula is C23H23F3N4O5S. The van der Waals surface area contributed by atoms with Gasteiger partial charge < -0.3 is 19.9 Å². The van der Waals surface area contributed by atoms with E-state index in [4.69, 9.17) is 14.6 Å². The number of hydrogen-bond acceptors (Lipinski definition) is 9. The molecule has 2 aliphatic rings. The topological polar surface area (TPSA) is 113 Å². The lowest BCUT2D eigenvalue weighted by atomic mass is 9.94. The number of methoxy groups -OCH3 is 1. The lowest BCUT2D eigenvalue weighted by Crippen LogP contribution is -2.46. The summed E-state index contributed by atoms with van der Waals surface area (Å²) in [6.07, 6.45) is 1.49. The lowest BCUT2D eigenvalue weighted by molar-refractivity contribution is -0.138. The van der Waals surface area contributed by atoms with Crippen molar-refractivity contribution in [2.45, 2.75) is 25.0 Å². The first-order chi connectivity index (χ1) is 17.3. The van der Waals surface area contributed by atoms with Crippen LogP contribution >= 0.6 is 11.3 Å². The second-order valence-electron chi connectivity index (χ2n) is 8.15. The second-order valence-corrected chi connectivity index (χ2v) is 9.05. The lowest BCUT2D eigenvalue weighted by Gasteiger charge is -2.35. The van der Waals surface area contributed by atoms with Crippen molar-refractivity contribution in [3.05, 3.63) is 63.0 Å². The minimum absolute atomic E-state index is 0.0504. The monoisotopic (exact) mass is 524 g/mol. The summed E-state index contributed by atoms with van der Waals surface area (Å²) in [5.41, 5.74) is -0.0602. The molecule has 9 nitrogen and oxygen atoms in total. The molecule has 36 heavy (non-hydrogen) atoms. The Morgan fingerprint density at radius 1 is 1.31 bits per heavy atom. The Balaban J connectivity index is 1.73. The van der Waals surface area contributed by atoms with Gasteiger partial charge in [0.2, 0.25) is 0 Å². The number of aliphatic imine (C=N–C) groups is 1. The zero-order valence-corrected chi connectivity index (χ0v) is 20.0. The molecule has 0 amide bonds. The number of halogens is 3. The Morgan fingerprint density at radius 2 is 2.11 bits per heavy atom. The van der Waals surface area contributed by atoms with Crippen molar-refractivity contribution >= 4 is 29.1 Å². The molecule has 0 spiro atoms. The van der Waals surface area contributed by atoms with Crippen LogP contribution in [0.25, 0.3) is 0 Å². The maximum absolute atomic E-state index is 14.9. The van der Waals surface area contributed by atoms with Crippen LogP contribution in [-0.4, -0.2) is 72.2 Å². The number of esters is 1. The van der Waals surface area contributed by atoms with Crippen molar-refractivity contribution in [3.63, 3.8) is 0 Å². The number of carboxylic acids is 1. The molecule has 2 atom stereocenters. The SMILES string of the molecule is COC(=O)C1=C(CN2CCO[C@@H](CCC(=O)O)C2)NC(c2nccs2)=N[C@H]1c1ccc(F)c(F)c1F. The number of carbonyl (C=O) groups excluding carboxylic acids is 1. The number of aromatic nitrogens is 1. The third-order valence-electron chi connectivity index (χ3n) is 5.81. The van der Waals surface area contributed by atoms with Gasteiger partial charge in [-0.3, -0.25) is 14.7 Å². The van der Waals surface area contributed by atoms with Gasteiger partial charge in [-0.15, -0.1) is 11.3 Å². The largest absolute Gasteiger partial charge is 0.481 e. The molecule has 3 heterocycles. The van der Waals surface area contributed by atoms with Gasteiger partial charge in [0.25, 0.3) is 0 Å². The summed E-state index contributed by atoms with van der Waals surface area (Å²) in [5.74, 6) is -6.00. The summed E-state index contributed by atoms with van der Waals surface area (Å²) in [6, 6.07) is 0.494. The summed E-state index contributed by atoms with van der Waals surface area (Å²) in [5, 5.41) is 14.2. The summed E-state index contributed by atoms with van der Waals surface area (Å²) in [7, 11) is 1.16. The number of carbonyl (C=O) groups is 2. The molecule has 1 saturated heterocycles. The van der Waals surface area contributed by atoms with Crippen molar-refractivity contribution < 1.29 is 37.3 Å². The number of nitrogens with one attached hydrogen (secondary N) is 1. The summed E-state index contributed by atoms with van der Waals surface area (Å²) < 4.78 is 53.3. The van der Waals surface area contributed by atoms with Crippen LogP contribution in [-0.2, 0) is 19.1 Å². The molecule has 13 heteroatoms. The first-order valence-electron chi connectivity index (χ1n) is 11.0. The molecule has 0 saturated carbocycles. The molecule has 2 N–H and O–H groups in total. The molecule has 192 valence electrons. The van der Waals surface area contributed by atoms with Crippen molar-refractivity contribution in [3.8, 4) is 0 Å². The molecule has 1 fully saturated rings. The highest BCUT2D eigenvalue weighted by molar-refractivity contribution is 7.11. The fourth-order valence-electron chi connectivity index (χ4n) is 4.10. The van der Waals surface area contributed by atoms with Crippen molar-refractivity contribution in [2.24, 2.45) is 4.99 Å². The molecule has 2 aliphatic heterocycles. The predicted molar refractivity (Wildman–Crippen MR) is 123 cm³/mol. The fraction of sp³-hybridized carbons (Fsp3) is 0.391. The molecule has 0 unspecified atom stereocenters. The zero-order chi connectivity index (χ0) is 25.8. The normalized spacial score (nSPS) is 20.6. The van der Waals surface area contributed by atoms with Gasteiger partial charge in [-0.05, 0) is 12.5 Å². The van der Waals surface area contributed by atoms with Gasteiger partial charge in [0, 0.05) is 48.9 Å². The standard InChI is InChI=1S/C23H23F3N4O5S/c1-34-23(33)17-15(11-30-7-8-35-12(10-30)2-5-16(31)32)28-21(22-27-6-9-36-22)29-20(17)13-3-4-14(24)19(26)18(13)25/h3-4,6,9,12,20H,2,5,7-8,10-11H2,1H3,(H,28,29)(H,31,32)/t12-,20-/m0/s1. The number of morpholine rings is 1. The highest BCUT2D eigenvalue weighted by Gasteiger charge is 2.36. The minimum Gasteiger partial charge on any atom is -0.481 e. The van der Waals surface area contributed by atoms with Crippen LogP contribution in [0.2, 0.25) is 0 Å². The van der Waals surface area contributed by atoms with E-state index in [9.17, 15) is 22.8 Å². The van der Waals surface area contributed by atoms with E-state index in [0.717, 1.165) is 19.2 Å². The van der Waals surface area contributed by atoms with Crippen LogP contribution in [0.15, 0.2) is 40.0 Å². The zero-order valence-electron chi connectivity index (χ0n) is 19.2. The molecule has 2 aromatic rings. The average molecular weight is 525 g/mol. The number of benzene rings is 1. The molecular weight excluding hydrogens is 501 g/mol. The van der Waals surface area contributed by atoms with Crippen LogP contribution in [0.1, 0.15) is 29.5 Å². The van der Waals surface area contributed by atoms with Gasteiger partial charge in [0.1, 0.15) is 6.04 Å². The molecule has 4 rings (SSSR count). The highest BCUT2D eigenvalue weighted by Crippen LogP contribution is 2.35. The van der Waals surface area contributed by atoms with Crippen LogP contribution in [0.3, 0.4) is 0 Å². The Morgan fingerprint density at radius 3 is 2.81 bits per heavy atom. The van der Waals surface area contributed by atoms with E-state index < -0.39 is 35.4 Å². The summed E-state index contributed by atoms with van der Waals surface area (Å²) in [4.78, 5) is 34.5. The smallest absolute Gasteiger partial charge is 0.338 e. The first kappa shape index (κ1) is 25.8. The quantitative estimate of drug-likeness (QED) is 0.400. The van der Waals surface area contributed by atoms with Crippen LogP contribution in [0, 0.1) is 17.5 Å². The van der Waals surface area contributed by atoms with Crippen LogP contribution < -0.4 is 5.32 Å². The van der Waals surface area contributed by atoms with E-state index in [1.165, 1.54) is 11.3 Å². The maximum atomic E-state index is 14.9. The number of thiazole rings is 1. The fourth-order valence-corrected chi connectivity index (χ4v) is 4.69. The van der Waals surface area contributed by atoms with E-state index in [1.54, 1.807) is 11.6 Å². The Labute approximate surface area is 208 Å². The van der Waals surface area contributed by atoms with Gasteiger partial charge in [-0.2, -0.15) is 0 Å². The summed E-state index contributed by atoms with van der Waals surface area (Å²) >= 11 is 1.25. The molecule has 0 aliphatic carbocycles. The van der Waals surface area contributed by atoms with Gasteiger partial charge in [-0.25, -0.2) is 22.9 Å². The Hall–Kier alpha value is -3.29. The van der Waals surface area contributed by atoms with Gasteiger partial charge in [0.15, 0.2) is 28.3 Å². The third kappa shape index (κ3) is 5.58. The van der Waals surface area contributed by atoms with Gasteiger partial charge in [0.05, 0.1) is 25.4 Å². The van der Waals surface area contributed by atoms with Crippen LogP contribution in [0.4, 0.5) is 13.2 Å². The Bertz CT molecular complexity index is 1200. The number of rotatable bonds is 8. The van der Waals surface area contributed by atoms with Gasteiger partial charge >= 0.3 is 11.9 Å². The highest BCUT2D eigenvalue weighted by atomic mass is 32.1. The number of aliphatic carboxylic acids is 1. The number of nitrogens with zero attached hydrogens (tertiary/aromatic N) is 3. The molecule has 0 radical (unpaired) electrons. The number of hydrogen-bond donors (Lipinski definition) is 2. The van der Waals surface area contributed by atoms with Crippen molar-refractivity contribution in [1.29, 1.82) is 0 Å².